The van der Waals surface area contributed by atoms with Gasteiger partial charge in [-0.15, -0.1) is 0 Å². The van der Waals surface area contributed by atoms with Gasteiger partial charge in [0.25, 0.3) is 5.91 Å². The molecule has 0 aliphatic carbocycles. The number of ether oxygens (including phenoxy) is 1. The summed E-state index contributed by atoms with van der Waals surface area (Å²) in [4.78, 5) is 17.4. The lowest BCUT2D eigenvalue weighted by Crippen LogP contribution is -2.25. The van der Waals surface area contributed by atoms with Gasteiger partial charge in [-0.2, -0.15) is 0 Å². The van der Waals surface area contributed by atoms with Gasteiger partial charge in [0.05, 0.1) is 24.7 Å². The minimum absolute atomic E-state index is 0.154. The normalized spacial score (nSPS) is 10.8. The molecule has 0 fully saturated rings. The lowest BCUT2D eigenvalue weighted by molar-refractivity contribution is 0.0949. The molecule has 1 amide bonds. The number of para-hydroxylation sites is 2. The second kappa shape index (κ2) is 8.19. The van der Waals surface area contributed by atoms with Crippen LogP contribution in [-0.4, -0.2) is 22.6 Å². The van der Waals surface area contributed by atoms with Gasteiger partial charge in [0.15, 0.2) is 0 Å². The molecule has 0 saturated heterocycles. The SMILES string of the molecule is COc1cccc(C(=O)NCc2nc3ccccc3n2Cc2ccccc2C)c1. The van der Waals surface area contributed by atoms with Crippen LogP contribution in [0, 0.1) is 6.92 Å². The third-order valence-electron chi connectivity index (χ3n) is 5.06. The molecule has 0 spiro atoms. The van der Waals surface area contributed by atoms with E-state index >= 15 is 0 Å². The predicted octanol–water partition coefficient (Wildman–Crippen LogP) is 4.33. The summed E-state index contributed by atoms with van der Waals surface area (Å²) < 4.78 is 7.38. The minimum Gasteiger partial charge on any atom is -0.497 e. The van der Waals surface area contributed by atoms with E-state index in [0.29, 0.717) is 24.4 Å². The topological polar surface area (TPSA) is 56.1 Å². The zero-order valence-electron chi connectivity index (χ0n) is 16.6. The number of carbonyl (C=O) groups excluding carboxylic acids is 1. The Morgan fingerprint density at radius 3 is 2.66 bits per heavy atom. The molecular weight excluding hydrogens is 362 g/mol. The molecular formula is C24H23N3O2. The Balaban J connectivity index is 1.61. The van der Waals surface area contributed by atoms with E-state index in [-0.39, 0.29) is 5.91 Å². The van der Waals surface area contributed by atoms with E-state index in [0.717, 1.165) is 16.9 Å². The summed E-state index contributed by atoms with van der Waals surface area (Å²) in [5.74, 6) is 1.33. The van der Waals surface area contributed by atoms with Crippen LogP contribution in [0.3, 0.4) is 0 Å². The van der Waals surface area contributed by atoms with E-state index in [1.165, 1.54) is 11.1 Å². The van der Waals surface area contributed by atoms with Crippen molar-refractivity contribution in [1.82, 2.24) is 14.9 Å². The van der Waals surface area contributed by atoms with Crippen molar-refractivity contribution in [1.29, 1.82) is 0 Å². The standard InChI is InChI=1S/C24H23N3O2/c1-17-8-3-4-9-19(17)16-27-22-13-6-5-12-21(22)26-23(27)15-25-24(28)18-10-7-11-20(14-18)29-2/h3-14H,15-16H2,1-2H3,(H,25,28). The maximum atomic E-state index is 12.6. The summed E-state index contributed by atoms with van der Waals surface area (Å²) in [6.45, 7) is 3.16. The molecule has 0 bridgehead atoms. The van der Waals surface area contributed by atoms with Gasteiger partial charge in [-0.25, -0.2) is 4.98 Å². The number of nitrogens with zero attached hydrogens (tertiary/aromatic N) is 2. The summed E-state index contributed by atoms with van der Waals surface area (Å²) in [6, 6.07) is 23.5. The van der Waals surface area contributed by atoms with Crippen LogP contribution >= 0.6 is 0 Å². The first kappa shape index (κ1) is 18.7. The largest absolute Gasteiger partial charge is 0.497 e. The Kier molecular flexibility index (Phi) is 5.29. The lowest BCUT2D eigenvalue weighted by Gasteiger charge is -2.12. The molecule has 0 aliphatic heterocycles. The number of aryl methyl sites for hydroxylation is 1. The monoisotopic (exact) mass is 385 g/mol. The molecule has 0 aliphatic rings. The van der Waals surface area contributed by atoms with Crippen molar-refractivity contribution < 1.29 is 9.53 Å². The molecule has 4 rings (SSSR count). The molecule has 4 aromatic rings. The van der Waals surface area contributed by atoms with E-state index in [4.69, 9.17) is 9.72 Å². The van der Waals surface area contributed by atoms with E-state index in [2.05, 4.69) is 35.0 Å². The Morgan fingerprint density at radius 2 is 1.83 bits per heavy atom. The van der Waals surface area contributed by atoms with Crippen LogP contribution in [0.2, 0.25) is 0 Å². The molecule has 29 heavy (non-hydrogen) atoms. The first-order chi connectivity index (χ1) is 14.2. The number of rotatable bonds is 6. The number of imidazole rings is 1. The fourth-order valence-electron chi connectivity index (χ4n) is 3.42. The van der Waals surface area contributed by atoms with Crippen LogP contribution in [0.15, 0.2) is 72.8 Å². The van der Waals surface area contributed by atoms with Crippen LogP contribution in [0.25, 0.3) is 11.0 Å². The van der Waals surface area contributed by atoms with Gasteiger partial charge in [-0.05, 0) is 48.4 Å². The molecule has 1 heterocycles. The molecule has 5 nitrogen and oxygen atoms in total. The van der Waals surface area contributed by atoms with Crippen molar-refractivity contribution in [2.24, 2.45) is 0 Å². The predicted molar refractivity (Wildman–Crippen MR) is 114 cm³/mol. The highest BCUT2D eigenvalue weighted by Gasteiger charge is 2.14. The Hall–Kier alpha value is -3.60. The van der Waals surface area contributed by atoms with Crippen molar-refractivity contribution in [3.63, 3.8) is 0 Å². The van der Waals surface area contributed by atoms with Gasteiger partial charge in [-0.3, -0.25) is 4.79 Å². The Labute approximate surface area is 170 Å². The van der Waals surface area contributed by atoms with Crippen LogP contribution in [0.4, 0.5) is 0 Å². The highest BCUT2D eigenvalue weighted by Crippen LogP contribution is 2.20. The molecule has 5 heteroatoms. The fourth-order valence-corrected chi connectivity index (χ4v) is 3.42. The summed E-state index contributed by atoms with van der Waals surface area (Å²) in [6.07, 6.45) is 0. The summed E-state index contributed by atoms with van der Waals surface area (Å²) in [5.41, 5.74) is 5.01. The quantitative estimate of drug-likeness (QED) is 0.537. The average Bonchev–Trinajstić information content (AvgIpc) is 3.11. The fraction of sp³-hybridized carbons (Fsp3) is 0.167. The van der Waals surface area contributed by atoms with E-state index in [1.54, 1.807) is 25.3 Å². The lowest BCUT2D eigenvalue weighted by atomic mass is 10.1. The number of methoxy groups -OCH3 is 1. The molecule has 1 aromatic heterocycles. The highest BCUT2D eigenvalue weighted by molar-refractivity contribution is 5.94. The molecule has 3 aromatic carbocycles. The summed E-state index contributed by atoms with van der Waals surface area (Å²) in [5, 5.41) is 2.99. The Bertz CT molecular complexity index is 1160. The zero-order chi connectivity index (χ0) is 20.2. The van der Waals surface area contributed by atoms with Crippen molar-refractivity contribution in [2.45, 2.75) is 20.0 Å². The van der Waals surface area contributed by atoms with Gasteiger partial charge >= 0.3 is 0 Å². The van der Waals surface area contributed by atoms with Crippen molar-refractivity contribution in [2.75, 3.05) is 7.11 Å². The third-order valence-corrected chi connectivity index (χ3v) is 5.06. The number of nitrogens with one attached hydrogen (secondary N) is 1. The van der Waals surface area contributed by atoms with Gasteiger partial charge in [0, 0.05) is 12.1 Å². The molecule has 146 valence electrons. The Morgan fingerprint density at radius 1 is 1.03 bits per heavy atom. The number of fused-ring (bicyclic) bond motifs is 1. The smallest absolute Gasteiger partial charge is 0.251 e. The van der Waals surface area contributed by atoms with Gasteiger partial charge in [-0.1, -0.05) is 42.5 Å². The minimum atomic E-state index is -0.154. The number of hydrogen-bond donors (Lipinski definition) is 1. The zero-order valence-corrected chi connectivity index (χ0v) is 16.6. The molecule has 0 unspecified atom stereocenters. The van der Waals surface area contributed by atoms with Gasteiger partial charge < -0.3 is 14.6 Å². The first-order valence-electron chi connectivity index (χ1n) is 9.56. The van der Waals surface area contributed by atoms with Crippen LogP contribution in [-0.2, 0) is 13.1 Å². The third kappa shape index (κ3) is 3.99. The summed E-state index contributed by atoms with van der Waals surface area (Å²) >= 11 is 0. The van der Waals surface area contributed by atoms with Crippen LogP contribution in [0.5, 0.6) is 5.75 Å². The number of benzene rings is 3. The van der Waals surface area contributed by atoms with E-state index in [1.807, 2.05) is 36.4 Å². The molecule has 1 N–H and O–H groups in total. The highest BCUT2D eigenvalue weighted by atomic mass is 16.5. The first-order valence-corrected chi connectivity index (χ1v) is 9.56. The maximum Gasteiger partial charge on any atom is 0.251 e. The second-order valence-corrected chi connectivity index (χ2v) is 6.94. The van der Waals surface area contributed by atoms with Crippen molar-refractivity contribution in [3.8, 4) is 5.75 Å². The van der Waals surface area contributed by atoms with Crippen LogP contribution < -0.4 is 10.1 Å². The number of hydrogen-bond acceptors (Lipinski definition) is 3. The average molecular weight is 385 g/mol. The number of amides is 1. The molecule has 0 saturated carbocycles. The van der Waals surface area contributed by atoms with Crippen molar-refractivity contribution >= 4 is 16.9 Å². The van der Waals surface area contributed by atoms with E-state index in [9.17, 15) is 4.79 Å². The van der Waals surface area contributed by atoms with Crippen molar-refractivity contribution in [3.05, 3.63) is 95.3 Å². The second-order valence-electron chi connectivity index (χ2n) is 6.94. The van der Waals surface area contributed by atoms with Gasteiger partial charge in [0.2, 0.25) is 0 Å². The number of aromatic nitrogens is 2. The molecule has 0 atom stereocenters. The van der Waals surface area contributed by atoms with Gasteiger partial charge in [0.1, 0.15) is 11.6 Å². The van der Waals surface area contributed by atoms with E-state index < -0.39 is 0 Å². The van der Waals surface area contributed by atoms with Crippen LogP contribution in [0.1, 0.15) is 27.3 Å². The number of carbonyl (C=O) groups is 1. The maximum absolute atomic E-state index is 12.6. The molecule has 0 radical (unpaired) electrons. The summed E-state index contributed by atoms with van der Waals surface area (Å²) in [7, 11) is 1.59.